The van der Waals surface area contributed by atoms with Crippen molar-refractivity contribution < 1.29 is 9.90 Å². The molecular weight excluding hydrogens is 408 g/mol. The van der Waals surface area contributed by atoms with Crippen molar-refractivity contribution in [1.29, 1.82) is 0 Å². The van der Waals surface area contributed by atoms with E-state index in [2.05, 4.69) is 33.0 Å². The highest BCUT2D eigenvalue weighted by molar-refractivity contribution is 5.73. The smallest absolute Gasteiger partial charge is 0.320 e. The van der Waals surface area contributed by atoms with Gasteiger partial charge in [-0.25, -0.2) is 0 Å². The van der Waals surface area contributed by atoms with Crippen molar-refractivity contribution >= 4 is 5.97 Å². The molecule has 190 valence electrons. The van der Waals surface area contributed by atoms with E-state index in [0.717, 1.165) is 48.3 Å². The highest BCUT2D eigenvalue weighted by Gasteiger charge is 2.60. The van der Waals surface area contributed by atoms with E-state index in [9.17, 15) is 9.90 Å². The van der Waals surface area contributed by atoms with Gasteiger partial charge in [-0.2, -0.15) is 0 Å². The number of fused-ring (bicyclic) bond motifs is 5. The van der Waals surface area contributed by atoms with Crippen molar-refractivity contribution in [2.45, 2.75) is 123 Å². The first kappa shape index (κ1) is 25.5. The summed E-state index contributed by atoms with van der Waals surface area (Å²) >= 11 is 0. The summed E-state index contributed by atoms with van der Waals surface area (Å²) in [6.07, 6.45) is 16.3. The fourth-order valence-corrected chi connectivity index (χ4v) is 9.93. The largest absolute Gasteiger partial charge is 0.480 e. The van der Waals surface area contributed by atoms with E-state index in [-0.39, 0.29) is 0 Å². The Hall–Kier alpha value is -0.610. The van der Waals surface area contributed by atoms with Gasteiger partial charge in [0.05, 0.1) is 0 Å². The minimum atomic E-state index is -0.708. The molecule has 0 aliphatic heterocycles. The third-order valence-electron chi connectivity index (χ3n) is 11.6. The fraction of sp³-hybridized carbons (Fsp3) is 0.966. The first-order valence-electron chi connectivity index (χ1n) is 14.4. The van der Waals surface area contributed by atoms with Gasteiger partial charge in [-0.1, -0.05) is 40.5 Å². The molecule has 10 atom stereocenters. The molecule has 0 aromatic heterocycles. The molecule has 0 aromatic rings. The highest BCUT2D eigenvalue weighted by atomic mass is 16.4. The second-order valence-electron chi connectivity index (χ2n) is 13.1. The van der Waals surface area contributed by atoms with Crippen LogP contribution in [0.2, 0.25) is 0 Å². The zero-order valence-electron chi connectivity index (χ0n) is 22.0. The van der Waals surface area contributed by atoms with E-state index < -0.39 is 12.0 Å². The van der Waals surface area contributed by atoms with Crippen molar-refractivity contribution in [3.05, 3.63) is 0 Å². The van der Waals surface area contributed by atoms with E-state index in [1.54, 1.807) is 0 Å². The Kier molecular flexibility index (Phi) is 7.85. The summed E-state index contributed by atoms with van der Waals surface area (Å²) in [6, 6.07) is -0.0757. The molecule has 0 heterocycles. The second-order valence-corrected chi connectivity index (χ2v) is 13.1. The summed E-state index contributed by atoms with van der Waals surface area (Å²) in [4.78, 5) is 11.8. The summed E-state index contributed by atoms with van der Waals surface area (Å²) in [6.45, 7) is 10.8. The summed E-state index contributed by atoms with van der Waals surface area (Å²) in [5.41, 5.74) is 6.69. The molecule has 0 spiro atoms. The molecule has 0 aromatic carbocycles. The maximum absolute atomic E-state index is 11.8. The molecule has 0 bridgehead atoms. The van der Waals surface area contributed by atoms with Crippen LogP contribution >= 0.6 is 0 Å². The van der Waals surface area contributed by atoms with Gasteiger partial charge in [0.15, 0.2) is 0 Å². The maximum Gasteiger partial charge on any atom is 0.320 e. The first-order valence-corrected chi connectivity index (χ1v) is 14.4. The molecule has 4 nitrogen and oxygen atoms in total. The van der Waals surface area contributed by atoms with Crippen LogP contribution in [0.1, 0.15) is 111 Å². The van der Waals surface area contributed by atoms with Gasteiger partial charge >= 0.3 is 5.97 Å². The van der Waals surface area contributed by atoms with Gasteiger partial charge in [0.25, 0.3) is 0 Å². The number of carbonyl (C=O) groups is 1. The Morgan fingerprint density at radius 2 is 1.76 bits per heavy atom. The lowest BCUT2D eigenvalue weighted by atomic mass is 9.44. The molecule has 0 radical (unpaired) electrons. The molecule has 4 N–H and O–H groups in total. The molecule has 5 unspecified atom stereocenters. The minimum Gasteiger partial charge on any atom is -0.480 e. The number of hydrogen-bond acceptors (Lipinski definition) is 3. The zero-order chi connectivity index (χ0) is 23.8. The number of hydrogen-bond donors (Lipinski definition) is 3. The molecule has 0 amide bonds. The topological polar surface area (TPSA) is 75.3 Å². The number of nitrogens with one attached hydrogen (secondary N) is 1. The Balaban J connectivity index is 1.42. The number of rotatable bonds is 9. The number of carboxylic acids is 1. The van der Waals surface area contributed by atoms with E-state index in [1.165, 1.54) is 64.2 Å². The number of carboxylic acid groups (broad SMARTS) is 1. The maximum atomic E-state index is 11.8. The summed E-state index contributed by atoms with van der Waals surface area (Å²) < 4.78 is 0. The molecule has 4 aliphatic rings. The van der Waals surface area contributed by atoms with Crippen LogP contribution in [-0.2, 0) is 4.79 Å². The van der Waals surface area contributed by atoms with Crippen molar-refractivity contribution in [2.75, 3.05) is 6.54 Å². The average molecular weight is 461 g/mol. The molecule has 4 aliphatic carbocycles. The van der Waals surface area contributed by atoms with Crippen molar-refractivity contribution in [3.63, 3.8) is 0 Å². The SMILES string of the molecule is CCC[C@@H](C)[C@H]1CCC2C3CCC4CC(N[C@@H](CCCN)C(=O)O)CC[C@]4(C)C3CC[C@@]21C. The van der Waals surface area contributed by atoms with Gasteiger partial charge in [-0.05, 0) is 124 Å². The van der Waals surface area contributed by atoms with Gasteiger partial charge < -0.3 is 16.2 Å². The number of nitrogens with two attached hydrogens (primary N) is 1. The number of aliphatic carboxylic acids is 1. The van der Waals surface area contributed by atoms with Crippen LogP contribution in [-0.4, -0.2) is 29.7 Å². The molecule has 4 heteroatoms. The van der Waals surface area contributed by atoms with Gasteiger partial charge in [0.2, 0.25) is 0 Å². The van der Waals surface area contributed by atoms with Crippen LogP contribution in [0.3, 0.4) is 0 Å². The van der Waals surface area contributed by atoms with Crippen LogP contribution < -0.4 is 11.1 Å². The van der Waals surface area contributed by atoms with E-state index in [4.69, 9.17) is 5.73 Å². The zero-order valence-corrected chi connectivity index (χ0v) is 22.0. The van der Waals surface area contributed by atoms with E-state index in [0.29, 0.717) is 29.8 Å². The molecule has 0 saturated heterocycles. The lowest BCUT2D eigenvalue weighted by Crippen LogP contribution is -2.56. The third kappa shape index (κ3) is 4.65. The van der Waals surface area contributed by atoms with Gasteiger partial charge in [0, 0.05) is 6.04 Å². The quantitative estimate of drug-likeness (QED) is 0.381. The van der Waals surface area contributed by atoms with Gasteiger partial charge in [0.1, 0.15) is 6.04 Å². The van der Waals surface area contributed by atoms with Crippen LogP contribution in [0.4, 0.5) is 0 Å². The monoisotopic (exact) mass is 460 g/mol. The fourth-order valence-electron chi connectivity index (χ4n) is 9.93. The molecule has 4 saturated carbocycles. The predicted octanol–water partition coefficient (Wildman–Crippen LogP) is 6.23. The van der Waals surface area contributed by atoms with E-state index in [1.807, 2.05) is 0 Å². The Labute approximate surface area is 203 Å². The summed E-state index contributed by atoms with van der Waals surface area (Å²) in [7, 11) is 0. The van der Waals surface area contributed by atoms with Crippen LogP contribution in [0, 0.1) is 46.3 Å². The molecule has 4 fully saturated rings. The highest BCUT2D eigenvalue weighted by Crippen LogP contribution is 2.68. The van der Waals surface area contributed by atoms with Gasteiger partial charge in [-0.3, -0.25) is 4.79 Å². The van der Waals surface area contributed by atoms with Crippen molar-refractivity contribution in [3.8, 4) is 0 Å². The van der Waals surface area contributed by atoms with Gasteiger partial charge in [-0.15, -0.1) is 0 Å². The lowest BCUT2D eigenvalue weighted by molar-refractivity contribution is -0.140. The molecular formula is C29H52N2O2. The van der Waals surface area contributed by atoms with Crippen LogP contribution in [0.25, 0.3) is 0 Å². The van der Waals surface area contributed by atoms with Crippen LogP contribution in [0.5, 0.6) is 0 Å². The normalized spacial score (nSPS) is 44.4. The third-order valence-corrected chi connectivity index (χ3v) is 11.6. The lowest BCUT2D eigenvalue weighted by Gasteiger charge is -2.61. The van der Waals surface area contributed by atoms with Crippen LogP contribution in [0.15, 0.2) is 0 Å². The Morgan fingerprint density at radius 1 is 1.03 bits per heavy atom. The minimum absolute atomic E-state index is 0.359. The molecule has 4 rings (SSSR count). The average Bonchev–Trinajstić information content (AvgIpc) is 3.14. The second kappa shape index (κ2) is 10.2. The summed E-state index contributed by atoms with van der Waals surface area (Å²) in [5.74, 6) is 4.65. The van der Waals surface area contributed by atoms with Crippen molar-refractivity contribution in [1.82, 2.24) is 5.32 Å². The van der Waals surface area contributed by atoms with E-state index >= 15 is 0 Å². The first-order chi connectivity index (χ1) is 15.7. The Bertz CT molecular complexity index is 683. The molecule has 33 heavy (non-hydrogen) atoms. The standard InChI is InChI=1S/C29H52N2O2/c1-5-7-19(2)23-11-12-24-22-10-9-20-18-21(31-26(27(32)33)8-6-17-30)13-15-28(20,3)25(22)14-16-29(23,24)4/h19-26,31H,5-18,30H2,1-4H3,(H,32,33)/t19-,20?,21?,22?,23-,24?,25?,26+,28+,29-/m1/s1. The van der Waals surface area contributed by atoms with Crippen molar-refractivity contribution in [2.24, 2.45) is 52.1 Å². The Morgan fingerprint density at radius 3 is 2.45 bits per heavy atom. The summed E-state index contributed by atoms with van der Waals surface area (Å²) in [5, 5.41) is 13.2. The predicted molar refractivity (Wildman–Crippen MR) is 136 cm³/mol.